The minimum atomic E-state index is -0.221. The molecule has 0 aromatic rings. The average molecular weight is 536 g/mol. The van der Waals surface area contributed by atoms with Crippen molar-refractivity contribution < 1.29 is 147 Å². The van der Waals surface area contributed by atoms with E-state index in [2.05, 4.69) is 48.1 Å². The van der Waals surface area contributed by atoms with Crippen LogP contribution < -0.4 is 131 Å². The zero-order valence-electron chi connectivity index (χ0n) is 18.5. The number of unbranched alkanes of at least 4 members (excludes halogenated alkanes) is 2. The molecule has 0 saturated carbocycles. The summed E-state index contributed by atoms with van der Waals surface area (Å²) in [5, 5.41) is 11.0. The predicted molar refractivity (Wildman–Crippen MR) is 107 cm³/mol. The molecule has 0 atom stereocenters. The average Bonchev–Trinajstić information content (AvgIpc) is 2.63. The van der Waals surface area contributed by atoms with E-state index in [4.69, 9.17) is 21.7 Å². The van der Waals surface area contributed by atoms with Gasteiger partial charge in [0.05, 0.1) is 6.54 Å². The second-order valence-corrected chi connectivity index (χ2v) is 5.72. The van der Waals surface area contributed by atoms with Gasteiger partial charge in [-0.25, -0.2) is 0 Å². The normalized spacial score (nSPS) is 7.39. The molecule has 0 spiro atoms. The molecule has 0 aromatic heterocycles. The second-order valence-electron chi connectivity index (χ2n) is 4.41. The van der Waals surface area contributed by atoms with Crippen LogP contribution in [-0.2, 0) is 19.3 Å². The minimum absolute atomic E-state index is 0. The van der Waals surface area contributed by atoms with Crippen molar-refractivity contribution in [3.63, 3.8) is 0 Å². The van der Waals surface area contributed by atoms with Crippen molar-refractivity contribution in [1.82, 2.24) is 5.32 Å². The van der Waals surface area contributed by atoms with Gasteiger partial charge in [0.25, 0.3) is 6.47 Å². The zero-order valence-corrected chi connectivity index (χ0v) is 27.1. The van der Waals surface area contributed by atoms with Crippen molar-refractivity contribution in [3.05, 3.63) is 0 Å². The van der Waals surface area contributed by atoms with E-state index < -0.39 is 0 Å². The summed E-state index contributed by atoms with van der Waals surface area (Å²) in [6, 6.07) is 0. The molecule has 162 valence electrons. The fourth-order valence-electron chi connectivity index (χ4n) is 0.937. The van der Waals surface area contributed by atoms with Crippen molar-refractivity contribution in [2.45, 2.75) is 52.4 Å². The van der Waals surface area contributed by atoms with E-state index in [1.165, 1.54) is 0 Å². The molecule has 0 aromatic carbocycles. The summed E-state index contributed by atoms with van der Waals surface area (Å²) in [6.07, 6.45) is 5.20. The number of carbonyl (C=O) groups is 3. The molecule has 0 saturated heterocycles. The van der Waals surface area contributed by atoms with Gasteiger partial charge < -0.3 is 35.0 Å². The third kappa shape index (κ3) is 78.6. The maximum Gasteiger partial charge on any atom is 1.00 e. The van der Waals surface area contributed by atoms with Gasteiger partial charge in [-0.1, -0.05) is 26.7 Å². The molecule has 0 unspecified atom stereocenters. The molecule has 0 rings (SSSR count). The Labute approximate surface area is 278 Å². The van der Waals surface area contributed by atoms with E-state index in [1.54, 1.807) is 0 Å². The predicted octanol–water partition coefficient (Wildman–Crippen LogP) is -8.12. The van der Waals surface area contributed by atoms with Crippen LogP contribution in [-0.4, -0.2) is 42.2 Å². The Hall–Kier alpha value is 3.08. The third-order valence-electron chi connectivity index (χ3n) is 2.12. The Kier molecular flexibility index (Phi) is 90.4. The van der Waals surface area contributed by atoms with E-state index in [0.29, 0.717) is 19.4 Å². The smallest absolute Gasteiger partial charge is 1.00 e. The second kappa shape index (κ2) is 52.2. The molecule has 28 heavy (non-hydrogen) atoms. The van der Waals surface area contributed by atoms with Crippen LogP contribution in [0.25, 0.3) is 0 Å². The molecular formula is C15H34Cl2K2N2O5S2. The van der Waals surface area contributed by atoms with Crippen LogP contribution in [0.4, 0.5) is 0 Å². The van der Waals surface area contributed by atoms with Gasteiger partial charge in [-0.3, -0.25) is 14.4 Å². The fraction of sp³-hybridized carbons (Fsp3) is 0.800. The number of hydrogen-bond donors (Lipinski definition) is 4. The molecule has 0 aliphatic heterocycles. The first-order chi connectivity index (χ1) is 11.9. The number of nitrogens with one attached hydrogen (secondary N) is 1. The molecule has 0 fully saturated rings. The quantitative estimate of drug-likeness (QED) is 0.0553. The summed E-state index contributed by atoms with van der Waals surface area (Å²) >= 11 is 12.8. The first kappa shape index (κ1) is 48.5. The van der Waals surface area contributed by atoms with Crippen LogP contribution in [0.2, 0.25) is 0 Å². The molecule has 1 amide bonds. The maximum absolute atomic E-state index is 10.8. The van der Waals surface area contributed by atoms with E-state index in [0.717, 1.165) is 43.7 Å². The molecule has 7 nitrogen and oxygen atoms in total. The van der Waals surface area contributed by atoms with Crippen molar-refractivity contribution in [1.29, 1.82) is 0 Å². The number of rotatable bonds is 10. The number of amides is 1. The van der Waals surface area contributed by atoms with Gasteiger partial charge in [-0.05, 0) is 24.4 Å². The summed E-state index contributed by atoms with van der Waals surface area (Å²) in [6.45, 7) is 5.54. The Morgan fingerprint density at radius 3 is 1.75 bits per heavy atom. The van der Waals surface area contributed by atoms with Crippen molar-refractivity contribution >= 4 is 54.5 Å². The number of quaternary nitrogens is 1. The maximum atomic E-state index is 10.8. The first-order valence-corrected chi connectivity index (χ1v) is 9.74. The van der Waals surface area contributed by atoms with Crippen LogP contribution >= 0.6 is 36.9 Å². The van der Waals surface area contributed by atoms with Gasteiger partial charge in [0.15, 0.2) is 0 Å². The Balaban J connectivity index is -0.0000000345. The third-order valence-corrected chi connectivity index (χ3v) is 2.84. The van der Waals surface area contributed by atoms with Gasteiger partial charge in [-0.15, -0.1) is 0 Å². The van der Waals surface area contributed by atoms with Gasteiger partial charge in [-0.2, -0.15) is 25.3 Å². The summed E-state index contributed by atoms with van der Waals surface area (Å²) < 4.78 is 0. The Bertz CT molecular complexity index is 297. The topological polar surface area (TPSA) is 123 Å². The van der Waals surface area contributed by atoms with Gasteiger partial charge in [0.2, 0.25) is 11.1 Å². The number of halogens is 2. The molecule has 0 radical (unpaired) electrons. The molecular weight excluding hydrogens is 501 g/mol. The summed E-state index contributed by atoms with van der Waals surface area (Å²) in [5.41, 5.74) is 3.53. The summed E-state index contributed by atoms with van der Waals surface area (Å²) in [7, 11) is 0. The molecule has 0 aliphatic carbocycles. The number of carbonyl (C=O) groups excluding carboxylic acids is 3. The van der Waals surface area contributed by atoms with E-state index in [1.807, 2.05) is 6.92 Å². The van der Waals surface area contributed by atoms with E-state index >= 15 is 0 Å². The van der Waals surface area contributed by atoms with E-state index in [9.17, 15) is 9.59 Å². The number of hydrogen-bond acceptors (Lipinski definition) is 7. The zero-order chi connectivity index (χ0) is 20.3. The molecule has 0 bridgehead atoms. The minimum Gasteiger partial charge on any atom is -1.00 e. The summed E-state index contributed by atoms with van der Waals surface area (Å²) in [5.74, 6) is 1.77. The Morgan fingerprint density at radius 2 is 1.54 bits per heavy atom. The number of thiol groups is 2. The standard InChI is InChI=1S/C7H15NOS.C5H9ClO.C2H7NS.CH2O3.ClH.2K.H/c1-2-3-4-7(9)8-5-6-10;1-2-3-4-5(6)7;3-1-2-4;2-1-4-3;;;;/h10H,2-6H2,1H3,(H,8,9);2-4H2,1H3;4H,1-3H2;1,3H;1H;;;/q;;;;;2*+1;-1/p-1. The molecule has 0 heterocycles. The van der Waals surface area contributed by atoms with Crippen LogP contribution in [0.5, 0.6) is 0 Å². The van der Waals surface area contributed by atoms with Crippen molar-refractivity contribution in [3.8, 4) is 0 Å². The SMILES string of the molecule is CCCCC(=O)Cl.CCCCC(=O)NCCS.O=CO[O-].[Cl-].[H-].[K+].[K+].[NH3+]CCS. The van der Waals surface area contributed by atoms with Crippen LogP contribution in [0.15, 0.2) is 0 Å². The van der Waals surface area contributed by atoms with Crippen LogP contribution in [0.3, 0.4) is 0 Å². The monoisotopic (exact) mass is 534 g/mol. The van der Waals surface area contributed by atoms with Crippen LogP contribution in [0.1, 0.15) is 53.8 Å². The van der Waals surface area contributed by atoms with Crippen molar-refractivity contribution in [2.24, 2.45) is 0 Å². The van der Waals surface area contributed by atoms with Gasteiger partial charge in [0.1, 0.15) is 0 Å². The molecule has 4 N–H and O–H groups in total. The molecule has 13 heteroatoms. The fourth-order valence-corrected chi connectivity index (χ4v) is 1.18. The van der Waals surface area contributed by atoms with Crippen molar-refractivity contribution in [2.75, 3.05) is 24.6 Å². The van der Waals surface area contributed by atoms with Crippen LogP contribution in [0, 0.1) is 0 Å². The largest absolute Gasteiger partial charge is 1.00 e. The van der Waals surface area contributed by atoms with Gasteiger partial charge in [0, 0.05) is 30.9 Å². The van der Waals surface area contributed by atoms with E-state index in [-0.39, 0.29) is 134 Å². The Morgan fingerprint density at radius 1 is 1.14 bits per heavy atom. The molecule has 0 aliphatic rings. The first-order valence-electron chi connectivity index (χ1n) is 8.09. The summed E-state index contributed by atoms with van der Waals surface area (Å²) in [4.78, 5) is 32.0. The van der Waals surface area contributed by atoms with Gasteiger partial charge >= 0.3 is 103 Å².